The smallest absolute Gasteiger partial charge is 0.322 e. The van der Waals surface area contributed by atoms with E-state index in [1.54, 1.807) is 88.4 Å². The molecule has 6 atom stereocenters. The number of carbonyl (C=O) groups is 6. The van der Waals surface area contributed by atoms with E-state index < -0.39 is 93.2 Å². The number of benzene rings is 4. The monoisotopic (exact) mass is 940 g/mol. The Hall–Kier alpha value is -6.08. The molecule has 6 rings (SSSR count). The van der Waals surface area contributed by atoms with Gasteiger partial charge in [0.1, 0.15) is 35.7 Å². The predicted molar refractivity (Wildman–Crippen MR) is 251 cm³/mol. The zero-order valence-electron chi connectivity index (χ0n) is 37.1. The molecular weight excluding hydrogens is 885 g/mol. The lowest BCUT2D eigenvalue weighted by atomic mass is 10.0. The van der Waals surface area contributed by atoms with Gasteiger partial charge < -0.3 is 40.1 Å². The number of aliphatic carboxylic acids is 2. The summed E-state index contributed by atoms with van der Waals surface area (Å²) in [6.45, 7) is 6.10. The summed E-state index contributed by atoms with van der Waals surface area (Å²) in [7, 11) is 0. The highest BCUT2D eigenvalue weighted by Crippen LogP contribution is 2.41. The van der Waals surface area contributed by atoms with Gasteiger partial charge in [0.15, 0.2) is 13.2 Å². The van der Waals surface area contributed by atoms with Crippen LogP contribution in [0.25, 0.3) is 0 Å². The summed E-state index contributed by atoms with van der Waals surface area (Å²) in [4.78, 5) is 85.4. The van der Waals surface area contributed by atoms with Gasteiger partial charge in [0, 0.05) is 35.7 Å². The molecule has 2 heterocycles. The molecule has 2 aliphatic heterocycles. The zero-order chi connectivity index (χ0) is 47.4. The fourth-order valence-electron chi connectivity index (χ4n) is 7.73. The highest BCUT2D eigenvalue weighted by molar-refractivity contribution is 8.01. The van der Waals surface area contributed by atoms with Crippen molar-refractivity contribution in [2.45, 2.75) is 85.2 Å². The molecule has 66 heavy (non-hydrogen) atoms. The minimum Gasteiger partial charge on any atom is -0.484 e. The lowest BCUT2D eigenvalue weighted by molar-refractivity contribution is -0.142. The third-order valence-electron chi connectivity index (χ3n) is 11.1. The Labute approximate surface area is 392 Å². The van der Waals surface area contributed by atoms with Crippen LogP contribution in [-0.2, 0) is 41.9 Å². The molecule has 0 radical (unpaired) electrons. The van der Waals surface area contributed by atoms with Crippen LogP contribution in [0.5, 0.6) is 11.5 Å². The van der Waals surface area contributed by atoms with Crippen molar-refractivity contribution in [1.82, 2.24) is 31.1 Å². The number of hydrogen-bond donors (Lipinski definition) is 6. The summed E-state index contributed by atoms with van der Waals surface area (Å²) >= 11 is 2.44. The van der Waals surface area contributed by atoms with Crippen LogP contribution in [0.2, 0.25) is 0 Å². The van der Waals surface area contributed by atoms with Crippen LogP contribution in [0.1, 0.15) is 38.8 Å². The molecular formula is C48H56N6O10S2. The summed E-state index contributed by atoms with van der Waals surface area (Å²) in [5.41, 5.74) is 1.49. The third kappa shape index (κ3) is 13.3. The van der Waals surface area contributed by atoms with Gasteiger partial charge >= 0.3 is 11.9 Å². The van der Waals surface area contributed by atoms with Crippen molar-refractivity contribution in [1.29, 1.82) is 0 Å². The van der Waals surface area contributed by atoms with Crippen molar-refractivity contribution >= 4 is 59.1 Å². The Kier molecular flexibility index (Phi) is 16.8. The molecule has 0 spiro atoms. The Bertz CT molecular complexity index is 2130. The number of nitrogens with zero attached hydrogens (tertiary/aromatic N) is 2. The molecule has 18 heteroatoms. The Morgan fingerprint density at radius 2 is 0.879 bits per heavy atom. The number of rotatable bonds is 21. The molecule has 0 saturated carbocycles. The number of ether oxygens (including phenoxy) is 2. The van der Waals surface area contributed by atoms with Gasteiger partial charge in [-0.3, -0.25) is 39.4 Å². The van der Waals surface area contributed by atoms with Crippen LogP contribution in [0.15, 0.2) is 121 Å². The first-order valence-electron chi connectivity index (χ1n) is 21.4. The van der Waals surface area contributed by atoms with E-state index in [0.717, 1.165) is 11.1 Å². The van der Waals surface area contributed by atoms with Gasteiger partial charge in [0.2, 0.25) is 11.8 Å². The molecule has 2 fully saturated rings. The largest absolute Gasteiger partial charge is 0.484 e. The molecule has 4 aromatic rings. The number of nitrogens with one attached hydrogen (secondary N) is 4. The molecule has 2 unspecified atom stereocenters. The first-order chi connectivity index (χ1) is 31.5. The van der Waals surface area contributed by atoms with E-state index in [0.29, 0.717) is 11.5 Å². The summed E-state index contributed by atoms with van der Waals surface area (Å²) < 4.78 is 9.67. The summed E-state index contributed by atoms with van der Waals surface area (Å²) in [5.74, 6) is -3.67. The van der Waals surface area contributed by atoms with E-state index >= 15 is 9.59 Å². The SMILES string of the molecule is CC1(C)SC([C@H](NC(=O)COc2ccccc2)C(=O)N(CCN(Cc2ccccc2)C(=O)[C@@H](NC(=O)COc2ccccc2)C2N[C@@H](C(=O)O)C(C)(C)S2)Cc2ccccc2)N[C@H]1C(=O)O. The second-order valence-electron chi connectivity index (χ2n) is 16.9. The number of para-hydroxylation sites is 2. The molecule has 4 amide bonds. The van der Waals surface area contributed by atoms with E-state index in [-0.39, 0.29) is 26.2 Å². The number of hydrogen-bond acceptors (Lipinski definition) is 12. The van der Waals surface area contributed by atoms with E-state index in [4.69, 9.17) is 9.47 Å². The fourth-order valence-corrected chi connectivity index (χ4v) is 10.7. The zero-order valence-corrected chi connectivity index (χ0v) is 38.8. The van der Waals surface area contributed by atoms with Crippen LogP contribution in [-0.4, -0.2) is 126 Å². The molecule has 4 aromatic carbocycles. The first kappa shape index (κ1) is 49.4. The molecule has 0 bridgehead atoms. The normalized spacial score (nSPS) is 20.2. The van der Waals surface area contributed by atoms with Gasteiger partial charge in [0.25, 0.3) is 11.8 Å². The quantitative estimate of drug-likeness (QED) is 0.0698. The van der Waals surface area contributed by atoms with Crippen LogP contribution in [0.4, 0.5) is 0 Å². The minimum atomic E-state index is -1.29. The third-order valence-corrected chi connectivity index (χ3v) is 14.1. The average Bonchev–Trinajstić information content (AvgIpc) is 3.81. The van der Waals surface area contributed by atoms with Gasteiger partial charge in [-0.05, 0) is 63.1 Å². The average molecular weight is 941 g/mol. The van der Waals surface area contributed by atoms with Gasteiger partial charge in [-0.25, -0.2) is 0 Å². The molecule has 2 saturated heterocycles. The van der Waals surface area contributed by atoms with Crippen molar-refractivity contribution in [2.75, 3.05) is 26.3 Å². The van der Waals surface area contributed by atoms with Crippen LogP contribution >= 0.6 is 23.5 Å². The van der Waals surface area contributed by atoms with Gasteiger partial charge in [-0.1, -0.05) is 97.1 Å². The topological polar surface area (TPSA) is 216 Å². The van der Waals surface area contributed by atoms with Crippen molar-refractivity contribution in [3.8, 4) is 11.5 Å². The van der Waals surface area contributed by atoms with E-state index in [1.807, 2.05) is 60.7 Å². The molecule has 350 valence electrons. The lowest BCUT2D eigenvalue weighted by Crippen LogP contribution is -2.60. The highest BCUT2D eigenvalue weighted by atomic mass is 32.2. The van der Waals surface area contributed by atoms with Crippen molar-refractivity contribution in [3.05, 3.63) is 132 Å². The molecule has 2 aliphatic rings. The summed E-state index contributed by atoms with van der Waals surface area (Å²) in [6.07, 6.45) is 0. The van der Waals surface area contributed by atoms with Crippen molar-refractivity contribution in [2.24, 2.45) is 0 Å². The standard InChI is InChI=1S/C48H56N6O10S2/c1-47(2)39(45(59)60)51-41(65-47)37(49-35(55)29-63-33-21-13-7-14-22-33)43(57)53(27-31-17-9-5-10-18-31)25-26-54(28-32-19-11-6-12-20-32)44(58)38(42-52-40(46(61)62)48(3,4)66-42)50-36(56)30-64-34-23-15-8-16-24-34/h5-24,37-42,51-52H,25-30H2,1-4H3,(H,49,55)(H,50,56)(H,59,60)(H,61,62)/t37-,38-,39-,40-,41?,42?/m0/s1. The van der Waals surface area contributed by atoms with Crippen LogP contribution in [0, 0.1) is 0 Å². The number of amides is 4. The van der Waals surface area contributed by atoms with Gasteiger partial charge in [-0.2, -0.15) is 0 Å². The van der Waals surface area contributed by atoms with Gasteiger partial charge in [-0.15, -0.1) is 23.5 Å². The molecule has 0 aromatic heterocycles. The molecule has 0 aliphatic carbocycles. The maximum absolute atomic E-state index is 15.1. The second-order valence-corrected chi connectivity index (χ2v) is 20.5. The molecule has 6 N–H and O–H groups in total. The first-order valence-corrected chi connectivity index (χ1v) is 23.2. The van der Waals surface area contributed by atoms with E-state index in [9.17, 15) is 29.4 Å². The van der Waals surface area contributed by atoms with Crippen LogP contribution < -0.4 is 30.7 Å². The van der Waals surface area contributed by atoms with E-state index in [2.05, 4.69) is 21.3 Å². The summed E-state index contributed by atoms with van der Waals surface area (Å²) in [5, 5.41) is 30.3. The fraction of sp³-hybridized carbons (Fsp3) is 0.375. The van der Waals surface area contributed by atoms with Crippen molar-refractivity contribution in [3.63, 3.8) is 0 Å². The van der Waals surface area contributed by atoms with Crippen molar-refractivity contribution < 1.29 is 48.5 Å². The highest BCUT2D eigenvalue weighted by Gasteiger charge is 2.51. The number of thioether (sulfide) groups is 2. The Morgan fingerprint density at radius 3 is 1.18 bits per heavy atom. The Morgan fingerprint density at radius 1 is 0.561 bits per heavy atom. The van der Waals surface area contributed by atoms with E-state index in [1.165, 1.54) is 33.3 Å². The van der Waals surface area contributed by atoms with Gasteiger partial charge in [0.05, 0.1) is 10.7 Å². The number of carboxylic acid groups (broad SMARTS) is 2. The maximum atomic E-state index is 15.1. The summed E-state index contributed by atoms with van der Waals surface area (Å²) in [6, 6.07) is 31.0. The minimum absolute atomic E-state index is 0.0502. The predicted octanol–water partition coefficient (Wildman–Crippen LogP) is 3.96. The maximum Gasteiger partial charge on any atom is 0.322 e. The number of carbonyl (C=O) groups excluding carboxylic acids is 4. The second kappa shape index (κ2) is 22.4. The molecule has 16 nitrogen and oxygen atoms in total. The lowest BCUT2D eigenvalue weighted by Gasteiger charge is -2.35. The number of carboxylic acids is 2. The Balaban J connectivity index is 1.32. The van der Waals surface area contributed by atoms with Crippen LogP contribution in [0.3, 0.4) is 0 Å².